The number of hydrogen-bond donors (Lipinski definition) is 0. The van der Waals surface area contributed by atoms with Gasteiger partial charge in [0.05, 0.1) is 5.56 Å². The molecular weight excluding hydrogens is 474 g/mol. The standard InChI is InChI=1S/C15H11F3INO4S/c1-20(10-6-3-2-4-7-10)14(21)13-11(19)8-5-9-12(13)24-25(22,23)15(16,17)18/h2-9H,1H3. The van der Waals surface area contributed by atoms with E-state index >= 15 is 0 Å². The second-order valence-electron chi connectivity index (χ2n) is 4.80. The Kier molecular flexibility index (Phi) is 5.62. The lowest BCUT2D eigenvalue weighted by Crippen LogP contribution is -2.31. The minimum Gasteiger partial charge on any atom is -0.375 e. The van der Waals surface area contributed by atoms with Crippen molar-refractivity contribution in [3.8, 4) is 5.75 Å². The van der Waals surface area contributed by atoms with Crippen molar-refractivity contribution in [2.24, 2.45) is 0 Å². The van der Waals surface area contributed by atoms with Gasteiger partial charge in [-0.15, -0.1) is 0 Å². The summed E-state index contributed by atoms with van der Waals surface area (Å²) in [6.07, 6.45) is 0. The summed E-state index contributed by atoms with van der Waals surface area (Å²) in [5.41, 5.74) is -5.39. The van der Waals surface area contributed by atoms with Gasteiger partial charge in [-0.1, -0.05) is 24.3 Å². The first-order valence-electron chi connectivity index (χ1n) is 6.67. The highest BCUT2D eigenvalue weighted by molar-refractivity contribution is 14.1. The van der Waals surface area contributed by atoms with Crippen LogP contribution in [0.3, 0.4) is 0 Å². The summed E-state index contributed by atoms with van der Waals surface area (Å²) < 4.78 is 64.7. The number of anilines is 1. The topological polar surface area (TPSA) is 63.7 Å². The van der Waals surface area contributed by atoms with Gasteiger partial charge in [0, 0.05) is 16.3 Å². The van der Waals surface area contributed by atoms with E-state index < -0.39 is 27.3 Å². The van der Waals surface area contributed by atoms with Crippen molar-refractivity contribution in [1.29, 1.82) is 0 Å². The van der Waals surface area contributed by atoms with Gasteiger partial charge in [-0.3, -0.25) is 4.79 Å². The van der Waals surface area contributed by atoms with Gasteiger partial charge in [0.25, 0.3) is 5.91 Å². The van der Waals surface area contributed by atoms with E-state index in [-0.39, 0.29) is 9.13 Å². The lowest BCUT2D eigenvalue weighted by atomic mass is 10.1. The smallest absolute Gasteiger partial charge is 0.375 e. The van der Waals surface area contributed by atoms with Crippen molar-refractivity contribution in [3.63, 3.8) is 0 Å². The Hall–Kier alpha value is -1.82. The van der Waals surface area contributed by atoms with Gasteiger partial charge in [0.15, 0.2) is 5.75 Å². The van der Waals surface area contributed by atoms with Crippen molar-refractivity contribution in [2.45, 2.75) is 5.51 Å². The highest BCUT2D eigenvalue weighted by Gasteiger charge is 2.49. The van der Waals surface area contributed by atoms with Crippen molar-refractivity contribution >= 4 is 44.3 Å². The summed E-state index contributed by atoms with van der Waals surface area (Å²) in [7, 11) is -4.47. The molecule has 0 radical (unpaired) electrons. The van der Waals surface area contributed by atoms with E-state index in [0.717, 1.165) is 6.07 Å². The lowest BCUT2D eigenvalue weighted by molar-refractivity contribution is -0.0500. The molecule has 2 aromatic rings. The number of carbonyl (C=O) groups is 1. The maximum absolute atomic E-state index is 12.7. The minimum atomic E-state index is -5.89. The van der Waals surface area contributed by atoms with Crippen LogP contribution in [0.2, 0.25) is 0 Å². The number of alkyl halides is 3. The molecule has 10 heteroatoms. The molecule has 0 aliphatic rings. The van der Waals surface area contributed by atoms with Crippen molar-refractivity contribution < 1.29 is 30.6 Å². The molecule has 0 fully saturated rings. The first-order valence-corrected chi connectivity index (χ1v) is 9.15. The van der Waals surface area contributed by atoms with Gasteiger partial charge < -0.3 is 9.08 Å². The molecule has 0 aliphatic heterocycles. The Balaban J connectivity index is 2.47. The number of amides is 1. The van der Waals surface area contributed by atoms with Crippen molar-refractivity contribution in [2.75, 3.05) is 11.9 Å². The molecule has 2 rings (SSSR count). The van der Waals surface area contributed by atoms with E-state index in [9.17, 15) is 26.4 Å². The van der Waals surface area contributed by atoms with Crippen molar-refractivity contribution in [1.82, 2.24) is 0 Å². The maximum Gasteiger partial charge on any atom is 0.534 e. The third kappa shape index (κ3) is 4.24. The average molecular weight is 485 g/mol. The molecule has 134 valence electrons. The molecule has 0 unspecified atom stereocenters. The predicted octanol–water partition coefficient (Wildman–Crippen LogP) is 3.80. The predicted molar refractivity (Wildman–Crippen MR) is 93.9 cm³/mol. The third-order valence-electron chi connectivity index (χ3n) is 3.12. The Labute approximate surface area is 155 Å². The fourth-order valence-electron chi connectivity index (χ4n) is 1.88. The van der Waals surface area contributed by atoms with Crippen LogP contribution in [-0.4, -0.2) is 26.9 Å². The van der Waals surface area contributed by atoms with Crippen LogP contribution < -0.4 is 9.08 Å². The van der Waals surface area contributed by atoms with Crippen LogP contribution in [0, 0.1) is 3.57 Å². The highest BCUT2D eigenvalue weighted by atomic mass is 127. The van der Waals surface area contributed by atoms with Gasteiger partial charge in [-0.2, -0.15) is 21.6 Å². The van der Waals surface area contributed by atoms with E-state index in [2.05, 4.69) is 4.18 Å². The Bertz CT molecular complexity index is 885. The third-order valence-corrected chi connectivity index (χ3v) is 4.99. The molecule has 0 aliphatic carbocycles. The number of hydrogen-bond acceptors (Lipinski definition) is 4. The lowest BCUT2D eigenvalue weighted by Gasteiger charge is -2.20. The number of nitrogens with zero attached hydrogens (tertiary/aromatic N) is 1. The first-order chi connectivity index (χ1) is 11.5. The van der Waals surface area contributed by atoms with Gasteiger partial charge >= 0.3 is 15.6 Å². The molecule has 25 heavy (non-hydrogen) atoms. The molecule has 0 spiro atoms. The summed E-state index contributed by atoms with van der Waals surface area (Å²) in [6.45, 7) is 0. The normalized spacial score (nSPS) is 11.9. The van der Waals surface area contributed by atoms with E-state index in [1.54, 1.807) is 52.9 Å². The van der Waals surface area contributed by atoms with E-state index in [0.29, 0.717) is 5.69 Å². The molecule has 0 aromatic heterocycles. The SMILES string of the molecule is CN(C(=O)c1c(I)cccc1OS(=O)(=O)C(F)(F)F)c1ccccc1. The fraction of sp³-hybridized carbons (Fsp3) is 0.133. The van der Waals surface area contributed by atoms with Crippen LogP contribution in [0.15, 0.2) is 48.5 Å². The van der Waals surface area contributed by atoms with Gasteiger partial charge in [-0.05, 0) is 46.9 Å². The zero-order valence-corrected chi connectivity index (χ0v) is 15.6. The molecule has 2 aromatic carbocycles. The highest BCUT2D eigenvalue weighted by Crippen LogP contribution is 2.32. The fourth-order valence-corrected chi connectivity index (χ4v) is 3.06. The maximum atomic E-state index is 12.7. The number of halogens is 4. The largest absolute Gasteiger partial charge is 0.534 e. The zero-order chi connectivity index (χ0) is 18.8. The van der Waals surface area contributed by atoms with Gasteiger partial charge in [0.1, 0.15) is 0 Å². The Morgan fingerprint density at radius 2 is 1.68 bits per heavy atom. The van der Waals surface area contributed by atoms with Gasteiger partial charge in [-0.25, -0.2) is 0 Å². The molecule has 0 bridgehead atoms. The summed E-state index contributed by atoms with van der Waals surface area (Å²) in [6, 6.07) is 12.1. The second-order valence-corrected chi connectivity index (χ2v) is 7.50. The van der Waals surface area contributed by atoms with Crippen LogP contribution in [0.4, 0.5) is 18.9 Å². The summed E-state index contributed by atoms with van der Waals surface area (Å²) in [5, 5.41) is 0. The number of carbonyl (C=O) groups excluding carboxylic acids is 1. The van der Waals surface area contributed by atoms with Crippen LogP contribution in [0.5, 0.6) is 5.75 Å². The second kappa shape index (κ2) is 7.20. The zero-order valence-electron chi connectivity index (χ0n) is 12.6. The van der Waals surface area contributed by atoms with E-state index in [1.165, 1.54) is 24.1 Å². The minimum absolute atomic E-state index is 0.250. The number of benzene rings is 2. The summed E-state index contributed by atoms with van der Waals surface area (Å²) >= 11 is 1.72. The van der Waals surface area contributed by atoms with E-state index in [4.69, 9.17) is 0 Å². The van der Waals surface area contributed by atoms with E-state index in [1.807, 2.05) is 0 Å². The molecule has 0 heterocycles. The Morgan fingerprint density at radius 3 is 2.24 bits per heavy atom. The van der Waals surface area contributed by atoms with Crippen LogP contribution in [0.1, 0.15) is 10.4 Å². The average Bonchev–Trinajstić information content (AvgIpc) is 2.53. The quantitative estimate of drug-likeness (QED) is 0.376. The molecular formula is C15H11F3INO4S. The molecule has 0 saturated heterocycles. The molecule has 0 atom stereocenters. The Morgan fingerprint density at radius 1 is 1.08 bits per heavy atom. The summed E-state index contributed by atoms with van der Waals surface area (Å²) in [4.78, 5) is 13.9. The molecule has 0 N–H and O–H groups in total. The molecule has 1 amide bonds. The van der Waals surface area contributed by atoms with Crippen molar-refractivity contribution in [3.05, 3.63) is 57.7 Å². The molecule has 5 nitrogen and oxygen atoms in total. The number of rotatable bonds is 4. The van der Waals surface area contributed by atoms with Crippen LogP contribution in [-0.2, 0) is 10.1 Å². The first kappa shape index (κ1) is 19.5. The van der Waals surface area contributed by atoms with Crippen LogP contribution in [0.25, 0.3) is 0 Å². The monoisotopic (exact) mass is 485 g/mol. The summed E-state index contributed by atoms with van der Waals surface area (Å²) in [5.74, 6) is -1.39. The number of para-hydroxylation sites is 1. The van der Waals surface area contributed by atoms with Gasteiger partial charge in [0.2, 0.25) is 0 Å². The molecule has 0 saturated carbocycles. The van der Waals surface area contributed by atoms with Crippen LogP contribution >= 0.6 is 22.6 Å².